The van der Waals surface area contributed by atoms with Crippen LogP contribution in [0.4, 0.5) is 5.69 Å². The standard InChI is InChI=1S/C11H13NO2/c1-12-9(7-13)3-2-8-6-10(14)4-5-11(8)12/h4-7,9,14H,2-3H2,1H3. The molecule has 0 amide bonds. The lowest BCUT2D eigenvalue weighted by atomic mass is 9.97. The average Bonchev–Trinajstić information content (AvgIpc) is 2.18. The van der Waals surface area contributed by atoms with Crippen LogP contribution in [0.15, 0.2) is 18.2 Å². The van der Waals surface area contributed by atoms with E-state index in [-0.39, 0.29) is 6.04 Å². The second-order valence-corrected chi connectivity index (χ2v) is 3.67. The van der Waals surface area contributed by atoms with Crippen LogP contribution in [0, 0.1) is 0 Å². The van der Waals surface area contributed by atoms with E-state index in [0.717, 1.165) is 30.4 Å². The highest BCUT2D eigenvalue weighted by atomic mass is 16.3. The highest BCUT2D eigenvalue weighted by molar-refractivity contribution is 5.70. The number of hydrogen-bond donors (Lipinski definition) is 1. The molecule has 0 fully saturated rings. The molecule has 1 unspecified atom stereocenters. The summed E-state index contributed by atoms with van der Waals surface area (Å²) in [5.74, 6) is 0.293. The molecule has 0 aliphatic carbocycles. The van der Waals surface area contributed by atoms with Crippen LogP contribution < -0.4 is 4.90 Å². The normalized spacial score (nSPS) is 20.4. The number of anilines is 1. The van der Waals surface area contributed by atoms with E-state index in [4.69, 9.17) is 0 Å². The maximum Gasteiger partial charge on any atom is 0.142 e. The molecule has 0 saturated carbocycles. The zero-order valence-electron chi connectivity index (χ0n) is 8.10. The number of aldehydes is 1. The summed E-state index contributed by atoms with van der Waals surface area (Å²) in [5.41, 5.74) is 2.16. The van der Waals surface area contributed by atoms with Crippen molar-refractivity contribution in [1.82, 2.24) is 0 Å². The van der Waals surface area contributed by atoms with Gasteiger partial charge in [-0.1, -0.05) is 0 Å². The molecule has 0 bridgehead atoms. The van der Waals surface area contributed by atoms with Gasteiger partial charge in [-0.3, -0.25) is 0 Å². The summed E-state index contributed by atoms with van der Waals surface area (Å²) >= 11 is 0. The number of aromatic hydroxyl groups is 1. The van der Waals surface area contributed by atoms with Crippen molar-refractivity contribution in [3.8, 4) is 5.75 Å². The number of phenolic OH excluding ortho intramolecular Hbond substituents is 1. The molecule has 0 aromatic heterocycles. The molecule has 1 aliphatic heterocycles. The quantitative estimate of drug-likeness (QED) is 0.681. The predicted octanol–water partition coefficient (Wildman–Crippen LogP) is 1.34. The molecule has 0 spiro atoms. The van der Waals surface area contributed by atoms with Crippen LogP contribution in [0.5, 0.6) is 5.75 Å². The first-order valence-electron chi connectivity index (χ1n) is 4.72. The summed E-state index contributed by atoms with van der Waals surface area (Å²) in [6.07, 6.45) is 2.67. The van der Waals surface area contributed by atoms with Gasteiger partial charge in [0.25, 0.3) is 0 Å². The van der Waals surface area contributed by atoms with E-state index < -0.39 is 0 Å². The number of fused-ring (bicyclic) bond motifs is 1. The summed E-state index contributed by atoms with van der Waals surface area (Å²) in [5, 5.41) is 9.31. The topological polar surface area (TPSA) is 40.5 Å². The van der Waals surface area contributed by atoms with Gasteiger partial charge in [0.05, 0.1) is 6.04 Å². The third kappa shape index (κ3) is 1.35. The largest absolute Gasteiger partial charge is 0.508 e. The number of likely N-dealkylation sites (N-methyl/N-ethyl adjacent to an activating group) is 1. The van der Waals surface area contributed by atoms with Gasteiger partial charge in [-0.15, -0.1) is 0 Å². The first-order valence-corrected chi connectivity index (χ1v) is 4.72. The van der Waals surface area contributed by atoms with E-state index in [1.165, 1.54) is 0 Å². The van der Waals surface area contributed by atoms with E-state index in [1.54, 1.807) is 12.1 Å². The second-order valence-electron chi connectivity index (χ2n) is 3.67. The first-order chi connectivity index (χ1) is 6.72. The van der Waals surface area contributed by atoms with Crippen LogP contribution in [0.1, 0.15) is 12.0 Å². The van der Waals surface area contributed by atoms with Gasteiger partial charge in [0.1, 0.15) is 12.0 Å². The van der Waals surface area contributed by atoms with Crippen molar-refractivity contribution in [3.63, 3.8) is 0 Å². The number of benzene rings is 1. The van der Waals surface area contributed by atoms with E-state index in [2.05, 4.69) is 0 Å². The van der Waals surface area contributed by atoms with Gasteiger partial charge < -0.3 is 14.8 Å². The van der Waals surface area contributed by atoms with E-state index >= 15 is 0 Å². The Morgan fingerprint density at radius 2 is 2.36 bits per heavy atom. The van der Waals surface area contributed by atoms with Gasteiger partial charge in [0, 0.05) is 12.7 Å². The smallest absolute Gasteiger partial charge is 0.142 e. The zero-order valence-corrected chi connectivity index (χ0v) is 8.10. The molecule has 2 rings (SSSR count). The Morgan fingerprint density at radius 1 is 1.57 bits per heavy atom. The Labute approximate surface area is 83.0 Å². The number of nitrogens with zero attached hydrogens (tertiary/aromatic N) is 1. The van der Waals surface area contributed by atoms with Crippen LogP contribution in [-0.4, -0.2) is 24.5 Å². The Kier molecular flexibility index (Phi) is 2.15. The maximum atomic E-state index is 10.8. The lowest BCUT2D eigenvalue weighted by molar-refractivity contribution is -0.109. The third-order valence-electron chi connectivity index (χ3n) is 2.81. The minimum absolute atomic E-state index is 0.0213. The lowest BCUT2D eigenvalue weighted by Crippen LogP contribution is -2.37. The molecule has 1 aliphatic rings. The van der Waals surface area contributed by atoms with Crippen LogP contribution >= 0.6 is 0 Å². The molecule has 1 heterocycles. The highest BCUT2D eigenvalue weighted by Crippen LogP contribution is 2.31. The minimum Gasteiger partial charge on any atom is -0.508 e. The number of aryl methyl sites for hydroxylation is 1. The molecule has 3 heteroatoms. The molecular formula is C11H13NO2. The van der Waals surface area contributed by atoms with E-state index in [9.17, 15) is 9.90 Å². The summed E-state index contributed by atoms with van der Waals surface area (Å²) in [6.45, 7) is 0. The van der Waals surface area contributed by atoms with Crippen molar-refractivity contribution < 1.29 is 9.90 Å². The monoisotopic (exact) mass is 191 g/mol. The van der Waals surface area contributed by atoms with Crippen molar-refractivity contribution >= 4 is 12.0 Å². The average molecular weight is 191 g/mol. The molecule has 1 aromatic carbocycles. The van der Waals surface area contributed by atoms with Gasteiger partial charge in [-0.2, -0.15) is 0 Å². The van der Waals surface area contributed by atoms with Crippen LogP contribution in [-0.2, 0) is 11.2 Å². The number of phenols is 1. The van der Waals surface area contributed by atoms with Crippen molar-refractivity contribution in [2.24, 2.45) is 0 Å². The molecule has 1 N–H and O–H groups in total. The first kappa shape index (κ1) is 9.06. The Balaban J connectivity index is 2.40. The van der Waals surface area contributed by atoms with Gasteiger partial charge in [0.2, 0.25) is 0 Å². The fourth-order valence-corrected chi connectivity index (χ4v) is 1.95. The zero-order chi connectivity index (χ0) is 10.1. The summed E-state index contributed by atoms with van der Waals surface area (Å²) in [7, 11) is 1.91. The number of rotatable bonds is 1. The van der Waals surface area contributed by atoms with Gasteiger partial charge in [-0.25, -0.2) is 0 Å². The Hall–Kier alpha value is -1.51. The molecule has 1 aromatic rings. The molecule has 74 valence electrons. The number of carbonyl (C=O) groups is 1. The fourth-order valence-electron chi connectivity index (χ4n) is 1.95. The molecule has 3 nitrogen and oxygen atoms in total. The van der Waals surface area contributed by atoms with Crippen molar-refractivity contribution in [1.29, 1.82) is 0 Å². The van der Waals surface area contributed by atoms with Gasteiger partial charge in [-0.05, 0) is 36.6 Å². The Bertz CT molecular complexity index is 362. The molecule has 14 heavy (non-hydrogen) atoms. The van der Waals surface area contributed by atoms with Gasteiger partial charge >= 0.3 is 0 Å². The van der Waals surface area contributed by atoms with Crippen LogP contribution in [0.3, 0.4) is 0 Å². The number of hydrogen-bond acceptors (Lipinski definition) is 3. The maximum absolute atomic E-state index is 10.8. The number of carbonyl (C=O) groups excluding carboxylic acids is 1. The highest BCUT2D eigenvalue weighted by Gasteiger charge is 2.22. The molecular weight excluding hydrogens is 178 g/mol. The van der Waals surface area contributed by atoms with Crippen molar-refractivity contribution in [2.75, 3.05) is 11.9 Å². The summed E-state index contributed by atoms with van der Waals surface area (Å²) < 4.78 is 0. The molecule has 0 saturated heterocycles. The SMILES string of the molecule is CN1c2ccc(O)cc2CCC1C=O. The van der Waals surface area contributed by atoms with Crippen molar-refractivity contribution in [3.05, 3.63) is 23.8 Å². The van der Waals surface area contributed by atoms with Crippen molar-refractivity contribution in [2.45, 2.75) is 18.9 Å². The summed E-state index contributed by atoms with van der Waals surface area (Å²) in [4.78, 5) is 12.7. The van der Waals surface area contributed by atoms with E-state index in [1.807, 2.05) is 18.0 Å². The van der Waals surface area contributed by atoms with Crippen LogP contribution in [0.25, 0.3) is 0 Å². The predicted molar refractivity (Wildman–Crippen MR) is 54.7 cm³/mol. The summed E-state index contributed by atoms with van der Waals surface area (Å²) in [6, 6.07) is 5.27. The lowest BCUT2D eigenvalue weighted by Gasteiger charge is -2.32. The van der Waals surface area contributed by atoms with Gasteiger partial charge in [0.15, 0.2) is 0 Å². The second kappa shape index (κ2) is 3.33. The fraction of sp³-hybridized carbons (Fsp3) is 0.364. The van der Waals surface area contributed by atoms with E-state index in [0.29, 0.717) is 5.75 Å². The Morgan fingerprint density at radius 3 is 3.07 bits per heavy atom. The minimum atomic E-state index is -0.0213. The molecule has 1 atom stereocenters. The third-order valence-corrected chi connectivity index (χ3v) is 2.81. The molecule has 0 radical (unpaired) electrons. The van der Waals surface area contributed by atoms with Crippen LogP contribution in [0.2, 0.25) is 0 Å².